The molecule has 0 spiro atoms. The quantitative estimate of drug-likeness (QED) is 0.820. The molecule has 1 fully saturated rings. The van der Waals surface area contributed by atoms with Crippen LogP contribution >= 0.6 is 11.3 Å². The smallest absolute Gasteiger partial charge is 0.309 e. The van der Waals surface area contributed by atoms with Crippen LogP contribution in [0.1, 0.15) is 23.5 Å². The van der Waals surface area contributed by atoms with E-state index in [1.54, 1.807) is 22.4 Å². The van der Waals surface area contributed by atoms with Crippen molar-refractivity contribution in [1.82, 2.24) is 9.88 Å². The lowest BCUT2D eigenvalue weighted by Gasteiger charge is -2.11. The summed E-state index contributed by atoms with van der Waals surface area (Å²) >= 11 is 1.57. The maximum Gasteiger partial charge on any atom is 0.309 e. The van der Waals surface area contributed by atoms with E-state index in [-0.39, 0.29) is 11.8 Å². The van der Waals surface area contributed by atoms with Gasteiger partial charge in [-0.05, 0) is 24.3 Å². The molecule has 5 heteroatoms. The summed E-state index contributed by atoms with van der Waals surface area (Å²) < 4.78 is 5.51. The fourth-order valence-electron chi connectivity index (χ4n) is 1.96. The maximum atomic E-state index is 12.0. The van der Waals surface area contributed by atoms with E-state index in [4.69, 9.17) is 4.42 Å². The van der Waals surface area contributed by atoms with Crippen molar-refractivity contribution in [3.63, 3.8) is 0 Å². The van der Waals surface area contributed by atoms with Crippen molar-refractivity contribution in [3.8, 4) is 10.6 Å². The van der Waals surface area contributed by atoms with Crippen molar-refractivity contribution in [2.75, 3.05) is 13.1 Å². The molecule has 0 atom stereocenters. The second-order valence-corrected chi connectivity index (χ2v) is 4.95. The molecular weight excluding hydrogens is 236 g/mol. The summed E-state index contributed by atoms with van der Waals surface area (Å²) in [5.41, 5.74) is 0. The number of carbonyl (C=O) groups is 1. The number of thiophene rings is 1. The molecule has 0 N–H and O–H groups in total. The molecule has 1 aliphatic heterocycles. The highest BCUT2D eigenvalue weighted by Crippen LogP contribution is 2.25. The number of nitrogens with zero attached hydrogens (tertiary/aromatic N) is 2. The van der Waals surface area contributed by atoms with E-state index in [2.05, 4.69) is 4.98 Å². The van der Waals surface area contributed by atoms with Crippen molar-refractivity contribution >= 4 is 17.2 Å². The highest BCUT2D eigenvalue weighted by atomic mass is 32.1. The summed E-state index contributed by atoms with van der Waals surface area (Å²) in [5.74, 6) is 0.781. The molecule has 3 heterocycles. The Morgan fingerprint density at radius 1 is 1.41 bits per heavy atom. The Bertz CT molecular complexity index is 512. The molecule has 0 saturated carbocycles. The second-order valence-electron chi connectivity index (χ2n) is 4.01. The summed E-state index contributed by atoms with van der Waals surface area (Å²) in [6.07, 6.45) is 3.77. The molecule has 3 rings (SSSR count). The summed E-state index contributed by atoms with van der Waals surface area (Å²) in [7, 11) is 0. The zero-order chi connectivity index (χ0) is 11.7. The third kappa shape index (κ3) is 1.98. The lowest BCUT2D eigenvalue weighted by Crippen LogP contribution is -2.27. The van der Waals surface area contributed by atoms with Crippen molar-refractivity contribution in [1.29, 1.82) is 0 Å². The van der Waals surface area contributed by atoms with Gasteiger partial charge >= 0.3 is 5.91 Å². The lowest BCUT2D eigenvalue weighted by molar-refractivity contribution is 0.0754. The van der Waals surface area contributed by atoms with Gasteiger partial charge in [-0.1, -0.05) is 6.07 Å². The Morgan fingerprint density at radius 3 is 2.94 bits per heavy atom. The number of carbonyl (C=O) groups excluding carboxylic acids is 1. The Kier molecular flexibility index (Phi) is 2.68. The van der Waals surface area contributed by atoms with Gasteiger partial charge in [0.25, 0.3) is 5.89 Å². The third-order valence-corrected chi connectivity index (χ3v) is 3.73. The Balaban J connectivity index is 1.82. The van der Waals surface area contributed by atoms with E-state index in [1.165, 1.54) is 0 Å². The number of hydrogen-bond donors (Lipinski definition) is 0. The fraction of sp³-hybridized carbons (Fsp3) is 0.333. The van der Waals surface area contributed by atoms with Gasteiger partial charge in [0.2, 0.25) is 0 Å². The first-order valence-corrected chi connectivity index (χ1v) is 6.51. The van der Waals surface area contributed by atoms with E-state index < -0.39 is 0 Å². The minimum atomic E-state index is -0.0923. The molecule has 0 aliphatic carbocycles. The van der Waals surface area contributed by atoms with Gasteiger partial charge in [0.1, 0.15) is 0 Å². The average molecular weight is 248 g/mol. The van der Waals surface area contributed by atoms with Crippen LogP contribution in [0.3, 0.4) is 0 Å². The van der Waals surface area contributed by atoms with Crippen LogP contribution in [0.4, 0.5) is 0 Å². The Labute approximate surface area is 103 Å². The predicted octanol–water partition coefficient (Wildman–Crippen LogP) is 2.64. The molecule has 17 heavy (non-hydrogen) atoms. The molecule has 1 amide bonds. The fourth-order valence-corrected chi connectivity index (χ4v) is 2.63. The van der Waals surface area contributed by atoms with Crippen molar-refractivity contribution in [3.05, 3.63) is 29.6 Å². The lowest BCUT2D eigenvalue weighted by atomic mass is 10.4. The van der Waals surface area contributed by atoms with Crippen LogP contribution < -0.4 is 0 Å². The monoisotopic (exact) mass is 248 g/mol. The number of oxazole rings is 1. The van der Waals surface area contributed by atoms with Crippen LogP contribution in [-0.4, -0.2) is 28.9 Å². The van der Waals surface area contributed by atoms with E-state index >= 15 is 0 Å². The molecule has 2 aromatic heterocycles. The second kappa shape index (κ2) is 4.33. The summed E-state index contributed by atoms with van der Waals surface area (Å²) in [6, 6.07) is 3.90. The highest BCUT2D eigenvalue weighted by molar-refractivity contribution is 7.13. The zero-order valence-electron chi connectivity index (χ0n) is 9.26. The predicted molar refractivity (Wildman–Crippen MR) is 65.0 cm³/mol. The van der Waals surface area contributed by atoms with Crippen LogP contribution in [0.2, 0.25) is 0 Å². The molecule has 1 saturated heterocycles. The maximum absolute atomic E-state index is 12.0. The SMILES string of the molecule is O=C(c1ncc(-c2cccs2)o1)N1CCCC1. The number of rotatable bonds is 2. The van der Waals surface area contributed by atoms with Crippen LogP contribution in [0.15, 0.2) is 28.1 Å². The molecule has 4 nitrogen and oxygen atoms in total. The van der Waals surface area contributed by atoms with Crippen LogP contribution in [-0.2, 0) is 0 Å². The van der Waals surface area contributed by atoms with Crippen LogP contribution in [0, 0.1) is 0 Å². The molecule has 0 aromatic carbocycles. The minimum absolute atomic E-state index is 0.0923. The molecular formula is C12H12N2O2S. The van der Waals surface area contributed by atoms with Crippen molar-refractivity contribution < 1.29 is 9.21 Å². The van der Waals surface area contributed by atoms with Gasteiger partial charge < -0.3 is 9.32 Å². The van der Waals surface area contributed by atoms with Gasteiger partial charge in [0.15, 0.2) is 5.76 Å². The topological polar surface area (TPSA) is 46.3 Å². The first-order valence-electron chi connectivity index (χ1n) is 5.63. The summed E-state index contributed by atoms with van der Waals surface area (Å²) in [5, 5.41) is 1.97. The number of likely N-dealkylation sites (tertiary alicyclic amines) is 1. The average Bonchev–Trinajstić information content (AvgIpc) is 3.09. The minimum Gasteiger partial charge on any atom is -0.431 e. The number of hydrogen-bond acceptors (Lipinski definition) is 4. The molecule has 1 aliphatic rings. The highest BCUT2D eigenvalue weighted by Gasteiger charge is 2.23. The van der Waals surface area contributed by atoms with E-state index in [9.17, 15) is 4.79 Å². The molecule has 0 unspecified atom stereocenters. The van der Waals surface area contributed by atoms with Gasteiger partial charge in [0, 0.05) is 13.1 Å². The van der Waals surface area contributed by atoms with Crippen LogP contribution in [0.5, 0.6) is 0 Å². The van der Waals surface area contributed by atoms with Gasteiger partial charge in [-0.25, -0.2) is 4.98 Å². The van der Waals surface area contributed by atoms with E-state index in [0.29, 0.717) is 5.76 Å². The molecule has 0 bridgehead atoms. The molecule has 88 valence electrons. The van der Waals surface area contributed by atoms with Gasteiger partial charge in [0.05, 0.1) is 11.1 Å². The van der Waals surface area contributed by atoms with Crippen molar-refractivity contribution in [2.24, 2.45) is 0 Å². The third-order valence-electron chi connectivity index (χ3n) is 2.85. The zero-order valence-corrected chi connectivity index (χ0v) is 10.1. The first-order chi connectivity index (χ1) is 8.34. The molecule has 0 radical (unpaired) electrons. The molecule has 2 aromatic rings. The van der Waals surface area contributed by atoms with Gasteiger partial charge in [-0.2, -0.15) is 0 Å². The van der Waals surface area contributed by atoms with Crippen molar-refractivity contribution in [2.45, 2.75) is 12.8 Å². The first kappa shape index (κ1) is 10.5. The number of amides is 1. The Morgan fingerprint density at radius 2 is 2.24 bits per heavy atom. The van der Waals surface area contributed by atoms with E-state index in [1.807, 2.05) is 17.5 Å². The van der Waals surface area contributed by atoms with E-state index in [0.717, 1.165) is 30.8 Å². The number of aromatic nitrogens is 1. The summed E-state index contributed by atoms with van der Waals surface area (Å²) in [4.78, 5) is 18.9. The van der Waals surface area contributed by atoms with Gasteiger partial charge in [-0.15, -0.1) is 11.3 Å². The van der Waals surface area contributed by atoms with Gasteiger partial charge in [-0.3, -0.25) is 4.79 Å². The summed E-state index contributed by atoms with van der Waals surface area (Å²) in [6.45, 7) is 1.63. The standard InChI is InChI=1S/C12H12N2O2S/c15-12(14-5-1-2-6-14)11-13-8-9(16-11)10-4-3-7-17-10/h3-4,7-8H,1-2,5-6H2. The Hall–Kier alpha value is -1.62. The largest absolute Gasteiger partial charge is 0.431 e. The normalized spacial score (nSPS) is 15.4. The van der Waals surface area contributed by atoms with Crippen LogP contribution in [0.25, 0.3) is 10.6 Å².